The van der Waals surface area contributed by atoms with Gasteiger partial charge in [0.15, 0.2) is 0 Å². The summed E-state index contributed by atoms with van der Waals surface area (Å²) in [7, 11) is 0. The second kappa shape index (κ2) is 6.90. The van der Waals surface area contributed by atoms with Crippen LogP contribution in [-0.4, -0.2) is 35.7 Å². The molecule has 0 saturated carbocycles. The number of hydrogen-bond acceptors (Lipinski definition) is 2. The quantitative estimate of drug-likeness (QED) is 0.707. The molecule has 8 heteroatoms. The second-order valence-corrected chi connectivity index (χ2v) is 4.71. The SMILES string of the molecule is CC[C@@H](C)NC(=O)C(F)(F)C(F)(F)C(=O)N[C@H](C)CC. The van der Waals surface area contributed by atoms with Crippen LogP contribution in [0.3, 0.4) is 0 Å². The maximum Gasteiger partial charge on any atom is 0.395 e. The average Bonchev–Trinajstić information content (AvgIpc) is 2.37. The minimum Gasteiger partial charge on any atom is -0.348 e. The summed E-state index contributed by atoms with van der Waals surface area (Å²) in [6, 6.07) is -1.39. The summed E-state index contributed by atoms with van der Waals surface area (Å²) in [5.74, 6) is -14.5. The van der Waals surface area contributed by atoms with Gasteiger partial charge in [-0.1, -0.05) is 13.8 Å². The molecule has 0 bridgehead atoms. The van der Waals surface area contributed by atoms with Crippen molar-refractivity contribution in [3.8, 4) is 0 Å². The van der Waals surface area contributed by atoms with Gasteiger partial charge in [-0.3, -0.25) is 9.59 Å². The Labute approximate surface area is 115 Å². The van der Waals surface area contributed by atoms with Gasteiger partial charge in [-0.2, -0.15) is 17.6 Å². The molecule has 0 saturated heterocycles. The van der Waals surface area contributed by atoms with Crippen molar-refractivity contribution >= 4 is 11.8 Å². The molecule has 4 nitrogen and oxygen atoms in total. The fourth-order valence-corrected chi connectivity index (χ4v) is 1.12. The maximum absolute atomic E-state index is 13.5. The van der Waals surface area contributed by atoms with Crippen molar-refractivity contribution in [3.05, 3.63) is 0 Å². The zero-order valence-electron chi connectivity index (χ0n) is 11.9. The molecule has 0 aliphatic rings. The number of halogens is 4. The summed E-state index contributed by atoms with van der Waals surface area (Å²) in [6.07, 6.45) is 0.596. The standard InChI is InChI=1S/C12H20F4N2O2/c1-5-7(3)17-9(19)11(13,14)12(15,16)10(20)18-8(4)6-2/h7-8H,5-6H2,1-4H3,(H,17,19)(H,18,20)/t7-,8-/m1/s1. The van der Waals surface area contributed by atoms with Gasteiger partial charge in [-0.05, 0) is 26.7 Å². The van der Waals surface area contributed by atoms with E-state index in [2.05, 4.69) is 0 Å². The van der Waals surface area contributed by atoms with Crippen LogP contribution >= 0.6 is 0 Å². The summed E-state index contributed by atoms with van der Waals surface area (Å²) < 4.78 is 53.9. The number of nitrogens with one attached hydrogen (secondary N) is 2. The van der Waals surface area contributed by atoms with Crippen LogP contribution in [0.5, 0.6) is 0 Å². The van der Waals surface area contributed by atoms with Crippen LogP contribution in [0.1, 0.15) is 40.5 Å². The first-order chi connectivity index (χ1) is 9.00. The highest BCUT2D eigenvalue weighted by molar-refractivity contribution is 5.95. The van der Waals surface area contributed by atoms with Crippen molar-refractivity contribution in [2.45, 2.75) is 64.5 Å². The highest BCUT2D eigenvalue weighted by atomic mass is 19.3. The molecule has 2 atom stereocenters. The van der Waals surface area contributed by atoms with Gasteiger partial charge >= 0.3 is 11.8 Å². The Bertz CT molecular complexity index is 327. The molecule has 2 amide bonds. The van der Waals surface area contributed by atoms with Gasteiger partial charge in [0, 0.05) is 12.1 Å². The van der Waals surface area contributed by atoms with Crippen molar-refractivity contribution < 1.29 is 27.2 Å². The van der Waals surface area contributed by atoms with Crippen LogP contribution < -0.4 is 10.6 Å². The van der Waals surface area contributed by atoms with E-state index in [9.17, 15) is 27.2 Å². The van der Waals surface area contributed by atoms with Crippen molar-refractivity contribution in [1.29, 1.82) is 0 Å². The van der Waals surface area contributed by atoms with Crippen LogP contribution in [0.4, 0.5) is 17.6 Å². The van der Waals surface area contributed by atoms with E-state index in [1.54, 1.807) is 24.5 Å². The minimum atomic E-state index is -5.10. The number of carbonyl (C=O) groups is 2. The Hall–Kier alpha value is -1.34. The average molecular weight is 300 g/mol. The first kappa shape index (κ1) is 18.7. The lowest BCUT2D eigenvalue weighted by atomic mass is 10.1. The number of amides is 2. The number of alkyl halides is 4. The molecule has 0 spiro atoms. The van der Waals surface area contributed by atoms with E-state index in [4.69, 9.17) is 0 Å². The largest absolute Gasteiger partial charge is 0.395 e. The third-order valence-electron chi connectivity index (χ3n) is 2.94. The summed E-state index contributed by atoms with van der Waals surface area (Å²) in [5.41, 5.74) is 0. The normalized spacial score (nSPS) is 15.4. The van der Waals surface area contributed by atoms with E-state index >= 15 is 0 Å². The topological polar surface area (TPSA) is 58.2 Å². The zero-order valence-corrected chi connectivity index (χ0v) is 11.9. The molecule has 20 heavy (non-hydrogen) atoms. The van der Waals surface area contributed by atoms with E-state index in [1.165, 1.54) is 13.8 Å². The smallest absolute Gasteiger partial charge is 0.348 e. The third-order valence-corrected chi connectivity index (χ3v) is 2.94. The Kier molecular flexibility index (Phi) is 6.43. The highest BCUT2D eigenvalue weighted by Crippen LogP contribution is 2.35. The van der Waals surface area contributed by atoms with Crippen molar-refractivity contribution in [2.75, 3.05) is 0 Å². The van der Waals surface area contributed by atoms with Gasteiger partial charge in [-0.15, -0.1) is 0 Å². The van der Waals surface area contributed by atoms with Crippen molar-refractivity contribution in [3.63, 3.8) is 0 Å². The van der Waals surface area contributed by atoms with Crippen LogP contribution in [0, 0.1) is 0 Å². The Morgan fingerprint density at radius 2 is 1.10 bits per heavy atom. The highest BCUT2D eigenvalue weighted by Gasteiger charge is 2.67. The fraction of sp³-hybridized carbons (Fsp3) is 0.833. The van der Waals surface area contributed by atoms with Crippen molar-refractivity contribution in [1.82, 2.24) is 10.6 Å². The summed E-state index contributed by atoms with van der Waals surface area (Å²) >= 11 is 0. The molecule has 0 unspecified atom stereocenters. The molecule has 0 fully saturated rings. The molecule has 0 heterocycles. The van der Waals surface area contributed by atoms with E-state index in [0.717, 1.165) is 0 Å². The zero-order chi connectivity index (χ0) is 16.1. The molecular formula is C12H20F4N2O2. The monoisotopic (exact) mass is 300 g/mol. The van der Waals surface area contributed by atoms with E-state index in [-0.39, 0.29) is 0 Å². The number of carbonyl (C=O) groups excluding carboxylic acids is 2. The maximum atomic E-state index is 13.5. The van der Waals surface area contributed by atoms with Crippen LogP contribution in [-0.2, 0) is 9.59 Å². The third kappa shape index (κ3) is 4.08. The molecule has 0 aromatic carbocycles. The molecule has 0 aliphatic carbocycles. The first-order valence-electron chi connectivity index (χ1n) is 6.38. The van der Waals surface area contributed by atoms with Gasteiger partial charge in [0.05, 0.1) is 0 Å². The van der Waals surface area contributed by atoms with Gasteiger partial charge in [0.25, 0.3) is 11.8 Å². The van der Waals surface area contributed by atoms with Crippen molar-refractivity contribution in [2.24, 2.45) is 0 Å². The summed E-state index contributed by atoms with van der Waals surface area (Å²) in [5, 5.41) is 3.50. The molecular weight excluding hydrogens is 280 g/mol. The van der Waals surface area contributed by atoms with Gasteiger partial charge < -0.3 is 10.6 Å². The van der Waals surface area contributed by atoms with E-state index in [0.29, 0.717) is 12.8 Å². The molecule has 0 radical (unpaired) electrons. The molecule has 2 N–H and O–H groups in total. The number of hydrogen-bond donors (Lipinski definition) is 2. The molecule has 0 rings (SSSR count). The van der Waals surface area contributed by atoms with Gasteiger partial charge in [0.1, 0.15) is 0 Å². The Morgan fingerprint density at radius 3 is 1.30 bits per heavy atom. The van der Waals surface area contributed by atoms with Crippen LogP contribution in [0.15, 0.2) is 0 Å². The summed E-state index contributed by atoms with van der Waals surface area (Å²) in [4.78, 5) is 22.4. The van der Waals surface area contributed by atoms with Gasteiger partial charge in [0.2, 0.25) is 0 Å². The lowest BCUT2D eigenvalue weighted by Crippen LogP contribution is -2.61. The second-order valence-electron chi connectivity index (χ2n) is 4.71. The lowest BCUT2D eigenvalue weighted by Gasteiger charge is -2.26. The Morgan fingerprint density at radius 1 is 0.850 bits per heavy atom. The Balaban J connectivity index is 5.04. The van der Waals surface area contributed by atoms with Gasteiger partial charge in [-0.25, -0.2) is 0 Å². The van der Waals surface area contributed by atoms with Crippen LogP contribution in [0.2, 0.25) is 0 Å². The molecule has 0 aromatic rings. The molecule has 0 aromatic heterocycles. The molecule has 118 valence electrons. The van der Waals surface area contributed by atoms with E-state index in [1.807, 2.05) is 0 Å². The first-order valence-corrected chi connectivity index (χ1v) is 6.38. The minimum absolute atomic E-state index is 0.298. The lowest BCUT2D eigenvalue weighted by molar-refractivity contribution is -0.211. The predicted molar refractivity (Wildman–Crippen MR) is 65.7 cm³/mol. The van der Waals surface area contributed by atoms with E-state index < -0.39 is 35.7 Å². The number of rotatable bonds is 7. The fourth-order valence-electron chi connectivity index (χ4n) is 1.12. The summed E-state index contributed by atoms with van der Waals surface area (Å²) in [6.45, 7) is 5.98. The predicted octanol–water partition coefficient (Wildman–Crippen LogP) is 2.09. The van der Waals surface area contributed by atoms with Crippen LogP contribution in [0.25, 0.3) is 0 Å². The molecule has 0 aliphatic heterocycles.